The van der Waals surface area contributed by atoms with Gasteiger partial charge in [-0.2, -0.15) is 0 Å². The number of hydrogen-bond acceptors (Lipinski definition) is 3. The molecule has 4 heteroatoms. The third-order valence-electron chi connectivity index (χ3n) is 4.32. The standard InChI is InChI=1S/C18H16N2O2/c1-11-15(20-10-19-11)8-13-9-22-16-7-6-12-4-2-3-5-14(12)17(16)18(13)21/h2-7,10,13H,8-9H2,1H3,(H,19,20). The van der Waals surface area contributed by atoms with Crippen LogP contribution in [-0.4, -0.2) is 22.4 Å². The molecule has 0 saturated carbocycles. The first-order valence-electron chi connectivity index (χ1n) is 7.41. The molecule has 0 spiro atoms. The number of aromatic amines is 1. The van der Waals surface area contributed by atoms with Gasteiger partial charge in [-0.15, -0.1) is 0 Å². The number of H-pyrrole nitrogens is 1. The number of rotatable bonds is 2. The van der Waals surface area contributed by atoms with Crippen molar-refractivity contribution >= 4 is 16.6 Å². The summed E-state index contributed by atoms with van der Waals surface area (Å²) in [4.78, 5) is 20.3. The Morgan fingerprint density at radius 3 is 2.95 bits per heavy atom. The molecule has 1 atom stereocenters. The molecular weight excluding hydrogens is 276 g/mol. The molecule has 1 N–H and O–H groups in total. The maximum absolute atomic E-state index is 13.0. The maximum atomic E-state index is 13.0. The number of benzene rings is 2. The van der Waals surface area contributed by atoms with E-state index in [1.165, 1.54) is 0 Å². The fourth-order valence-corrected chi connectivity index (χ4v) is 3.07. The highest BCUT2D eigenvalue weighted by Gasteiger charge is 2.31. The third kappa shape index (κ3) is 1.99. The first-order valence-corrected chi connectivity index (χ1v) is 7.41. The topological polar surface area (TPSA) is 55.0 Å². The van der Waals surface area contributed by atoms with Gasteiger partial charge in [0, 0.05) is 12.1 Å². The minimum Gasteiger partial charge on any atom is -0.492 e. The van der Waals surface area contributed by atoms with Crippen molar-refractivity contribution in [2.24, 2.45) is 5.92 Å². The summed E-state index contributed by atoms with van der Waals surface area (Å²) in [6.45, 7) is 2.39. The number of carbonyl (C=O) groups is 1. The van der Waals surface area contributed by atoms with Gasteiger partial charge in [0.15, 0.2) is 5.78 Å². The number of imidazole rings is 1. The van der Waals surface area contributed by atoms with Crippen molar-refractivity contribution in [1.82, 2.24) is 9.97 Å². The zero-order chi connectivity index (χ0) is 15.1. The second-order valence-electron chi connectivity index (χ2n) is 5.71. The van der Waals surface area contributed by atoms with Crippen LogP contribution < -0.4 is 4.74 Å². The van der Waals surface area contributed by atoms with E-state index in [1.54, 1.807) is 6.33 Å². The average molecular weight is 292 g/mol. The molecule has 2 aromatic carbocycles. The number of ketones is 1. The lowest BCUT2D eigenvalue weighted by molar-refractivity contribution is 0.0832. The van der Waals surface area contributed by atoms with E-state index in [2.05, 4.69) is 9.97 Å². The van der Waals surface area contributed by atoms with Crippen LogP contribution in [0.3, 0.4) is 0 Å². The van der Waals surface area contributed by atoms with Crippen LogP contribution in [0.1, 0.15) is 21.7 Å². The Balaban J connectivity index is 1.76. The Morgan fingerprint density at radius 1 is 1.27 bits per heavy atom. The molecule has 22 heavy (non-hydrogen) atoms. The molecule has 3 aromatic rings. The first-order chi connectivity index (χ1) is 10.7. The molecule has 0 fully saturated rings. The van der Waals surface area contributed by atoms with Crippen molar-refractivity contribution in [3.8, 4) is 5.75 Å². The number of nitrogens with one attached hydrogen (secondary N) is 1. The van der Waals surface area contributed by atoms with Gasteiger partial charge >= 0.3 is 0 Å². The van der Waals surface area contributed by atoms with Crippen molar-refractivity contribution in [2.45, 2.75) is 13.3 Å². The molecule has 0 aliphatic carbocycles. The molecule has 1 unspecified atom stereocenters. The van der Waals surface area contributed by atoms with Gasteiger partial charge in [-0.1, -0.05) is 30.3 Å². The molecular formula is C18H16N2O2. The van der Waals surface area contributed by atoms with Crippen LogP contribution in [0, 0.1) is 12.8 Å². The van der Waals surface area contributed by atoms with Crippen LogP contribution in [0.4, 0.5) is 0 Å². The van der Waals surface area contributed by atoms with Crippen LogP contribution in [0.2, 0.25) is 0 Å². The zero-order valence-electron chi connectivity index (χ0n) is 12.3. The lowest BCUT2D eigenvalue weighted by Gasteiger charge is -2.25. The molecule has 1 aliphatic rings. The van der Waals surface area contributed by atoms with Crippen molar-refractivity contribution in [2.75, 3.05) is 6.61 Å². The number of fused-ring (bicyclic) bond motifs is 3. The minimum atomic E-state index is -0.180. The summed E-state index contributed by atoms with van der Waals surface area (Å²) in [6.07, 6.45) is 2.28. The monoisotopic (exact) mass is 292 g/mol. The van der Waals surface area contributed by atoms with Gasteiger partial charge in [-0.3, -0.25) is 4.79 Å². The molecule has 2 heterocycles. The van der Waals surface area contributed by atoms with Gasteiger partial charge in [-0.05, 0) is 23.8 Å². The number of hydrogen-bond donors (Lipinski definition) is 1. The van der Waals surface area contributed by atoms with Gasteiger partial charge in [0.05, 0.1) is 30.1 Å². The summed E-state index contributed by atoms with van der Waals surface area (Å²) in [5.74, 6) is 0.666. The predicted octanol–water partition coefficient (Wildman–Crippen LogP) is 3.31. The fraction of sp³-hybridized carbons (Fsp3) is 0.222. The number of nitrogens with zero attached hydrogens (tertiary/aromatic N) is 1. The van der Waals surface area contributed by atoms with Crippen molar-refractivity contribution in [1.29, 1.82) is 0 Å². The Morgan fingerprint density at radius 2 is 2.14 bits per heavy atom. The summed E-state index contributed by atoms with van der Waals surface area (Å²) in [5, 5.41) is 2.03. The molecule has 0 amide bonds. The summed E-state index contributed by atoms with van der Waals surface area (Å²) in [5.41, 5.74) is 2.66. The van der Waals surface area contributed by atoms with E-state index in [0.717, 1.165) is 22.2 Å². The van der Waals surface area contributed by atoms with E-state index in [0.29, 0.717) is 24.3 Å². The summed E-state index contributed by atoms with van der Waals surface area (Å²) in [6, 6.07) is 11.8. The van der Waals surface area contributed by atoms with E-state index in [1.807, 2.05) is 43.3 Å². The van der Waals surface area contributed by atoms with E-state index in [-0.39, 0.29) is 11.7 Å². The highest BCUT2D eigenvalue weighted by molar-refractivity contribution is 6.12. The summed E-state index contributed by atoms with van der Waals surface area (Å²) >= 11 is 0. The average Bonchev–Trinajstić information content (AvgIpc) is 2.94. The van der Waals surface area contributed by atoms with E-state index in [4.69, 9.17) is 4.74 Å². The summed E-state index contributed by atoms with van der Waals surface area (Å²) < 4.78 is 5.84. The van der Waals surface area contributed by atoms with Gasteiger partial charge < -0.3 is 9.72 Å². The maximum Gasteiger partial charge on any atom is 0.174 e. The van der Waals surface area contributed by atoms with Crippen LogP contribution in [0.15, 0.2) is 42.7 Å². The van der Waals surface area contributed by atoms with Gasteiger partial charge in [0.25, 0.3) is 0 Å². The normalized spacial score (nSPS) is 17.3. The lowest BCUT2D eigenvalue weighted by Crippen LogP contribution is -2.30. The molecule has 4 nitrogen and oxygen atoms in total. The van der Waals surface area contributed by atoms with Crippen LogP contribution in [-0.2, 0) is 6.42 Å². The SMILES string of the molecule is Cc1[nH]cnc1CC1COc2ccc3ccccc3c2C1=O. The molecule has 0 bridgehead atoms. The van der Waals surface area contributed by atoms with E-state index < -0.39 is 0 Å². The Hall–Kier alpha value is -2.62. The van der Waals surface area contributed by atoms with Crippen LogP contribution >= 0.6 is 0 Å². The fourth-order valence-electron chi connectivity index (χ4n) is 3.07. The van der Waals surface area contributed by atoms with Crippen LogP contribution in [0.25, 0.3) is 10.8 Å². The Labute approximate surface area is 128 Å². The Kier molecular flexibility index (Phi) is 2.96. The highest BCUT2D eigenvalue weighted by atomic mass is 16.5. The molecule has 1 aromatic heterocycles. The highest BCUT2D eigenvalue weighted by Crippen LogP contribution is 2.34. The zero-order valence-corrected chi connectivity index (χ0v) is 12.3. The number of aromatic nitrogens is 2. The van der Waals surface area contributed by atoms with E-state index in [9.17, 15) is 4.79 Å². The Bertz CT molecular complexity index is 866. The minimum absolute atomic E-state index is 0.153. The molecule has 0 saturated heterocycles. The van der Waals surface area contributed by atoms with Crippen molar-refractivity contribution < 1.29 is 9.53 Å². The van der Waals surface area contributed by atoms with Crippen molar-refractivity contribution in [3.63, 3.8) is 0 Å². The smallest absolute Gasteiger partial charge is 0.174 e. The lowest BCUT2D eigenvalue weighted by atomic mass is 9.88. The van der Waals surface area contributed by atoms with Crippen LogP contribution in [0.5, 0.6) is 5.75 Å². The van der Waals surface area contributed by atoms with Crippen molar-refractivity contribution in [3.05, 3.63) is 59.7 Å². The van der Waals surface area contributed by atoms with Gasteiger partial charge in [0.2, 0.25) is 0 Å². The first kappa shape index (κ1) is 13.1. The number of carbonyl (C=O) groups excluding carboxylic acids is 1. The number of Topliss-reactive ketones (excluding diaryl/α,β-unsaturated/α-hetero) is 1. The summed E-state index contributed by atoms with van der Waals surface area (Å²) in [7, 11) is 0. The third-order valence-corrected chi connectivity index (χ3v) is 4.32. The molecule has 1 aliphatic heterocycles. The largest absolute Gasteiger partial charge is 0.492 e. The number of ether oxygens (including phenoxy) is 1. The predicted molar refractivity (Wildman–Crippen MR) is 84.3 cm³/mol. The van der Waals surface area contributed by atoms with Gasteiger partial charge in [-0.25, -0.2) is 4.98 Å². The second-order valence-corrected chi connectivity index (χ2v) is 5.71. The quantitative estimate of drug-likeness (QED) is 0.788. The molecule has 110 valence electrons. The van der Waals surface area contributed by atoms with Gasteiger partial charge in [0.1, 0.15) is 5.75 Å². The number of aryl methyl sites for hydroxylation is 1. The molecule has 4 rings (SSSR count). The van der Waals surface area contributed by atoms with E-state index >= 15 is 0 Å². The second kappa shape index (κ2) is 4.98. The molecule has 0 radical (unpaired) electrons.